The highest BCUT2D eigenvalue weighted by atomic mass is 16.2. The Morgan fingerprint density at radius 2 is 1.50 bits per heavy atom. The van der Waals surface area contributed by atoms with Crippen LogP contribution in [0.1, 0.15) is 94.3 Å². The van der Waals surface area contributed by atoms with Crippen molar-refractivity contribution in [3.8, 4) is 0 Å². The first kappa shape index (κ1) is 23.9. The minimum atomic E-state index is -0.740. The number of unbranched alkanes of at least 4 members (excludes halogenated alkanes) is 7. The predicted molar refractivity (Wildman–Crippen MR) is 120 cm³/mol. The Labute approximate surface area is 180 Å². The summed E-state index contributed by atoms with van der Waals surface area (Å²) in [6.45, 7) is 2.70. The first-order chi connectivity index (χ1) is 14.6. The summed E-state index contributed by atoms with van der Waals surface area (Å²) in [5.41, 5.74) is 0.744. The van der Waals surface area contributed by atoms with Gasteiger partial charge in [-0.05, 0) is 31.4 Å². The number of carbonyl (C=O) groups excluding carboxylic acids is 3. The number of benzene rings is 1. The Bertz CT molecular complexity index is 684. The molecule has 0 unspecified atom stereocenters. The highest BCUT2D eigenvalue weighted by Gasteiger charge is 2.21. The number of nitrogens with one attached hydrogen (secondary N) is 3. The largest absolute Gasteiger partial charge is 0.349 e. The summed E-state index contributed by atoms with van der Waals surface area (Å²) >= 11 is 0. The van der Waals surface area contributed by atoms with Crippen LogP contribution in [0.15, 0.2) is 24.3 Å². The van der Waals surface area contributed by atoms with E-state index in [2.05, 4.69) is 22.9 Å². The zero-order valence-electron chi connectivity index (χ0n) is 18.3. The van der Waals surface area contributed by atoms with E-state index in [0.717, 1.165) is 44.9 Å². The fourth-order valence-corrected chi connectivity index (χ4v) is 3.84. The second-order valence-corrected chi connectivity index (χ2v) is 8.19. The zero-order chi connectivity index (χ0) is 21.6. The van der Waals surface area contributed by atoms with Crippen molar-refractivity contribution in [2.24, 2.45) is 0 Å². The first-order valence-corrected chi connectivity index (χ1v) is 11.6. The van der Waals surface area contributed by atoms with Crippen LogP contribution in [0.2, 0.25) is 0 Å². The summed E-state index contributed by atoms with van der Waals surface area (Å²) < 4.78 is 0. The van der Waals surface area contributed by atoms with Gasteiger partial charge in [0.05, 0.1) is 11.3 Å². The average molecular weight is 416 g/mol. The molecule has 0 heterocycles. The van der Waals surface area contributed by atoms with Crippen molar-refractivity contribution in [3.05, 3.63) is 29.8 Å². The minimum absolute atomic E-state index is 0.191. The van der Waals surface area contributed by atoms with Gasteiger partial charge in [0.15, 0.2) is 0 Å². The monoisotopic (exact) mass is 415 g/mol. The van der Waals surface area contributed by atoms with Gasteiger partial charge in [0, 0.05) is 12.6 Å². The quantitative estimate of drug-likeness (QED) is 0.346. The van der Waals surface area contributed by atoms with Gasteiger partial charge in [-0.15, -0.1) is 0 Å². The fraction of sp³-hybridized carbons (Fsp3) is 0.625. The van der Waals surface area contributed by atoms with Crippen molar-refractivity contribution < 1.29 is 14.4 Å². The van der Waals surface area contributed by atoms with Crippen LogP contribution in [-0.4, -0.2) is 30.3 Å². The smallest absolute Gasteiger partial charge is 0.313 e. The Morgan fingerprint density at radius 3 is 2.20 bits per heavy atom. The molecule has 3 N–H and O–H groups in total. The van der Waals surface area contributed by atoms with Crippen LogP contribution in [0.5, 0.6) is 0 Å². The molecule has 6 heteroatoms. The molecule has 0 atom stereocenters. The summed E-state index contributed by atoms with van der Waals surface area (Å²) in [6, 6.07) is 6.99. The average Bonchev–Trinajstić information content (AvgIpc) is 3.25. The van der Waals surface area contributed by atoms with Gasteiger partial charge in [0.2, 0.25) is 0 Å². The molecule has 1 fully saturated rings. The van der Waals surface area contributed by atoms with Gasteiger partial charge < -0.3 is 16.0 Å². The second kappa shape index (κ2) is 13.8. The van der Waals surface area contributed by atoms with Crippen molar-refractivity contribution in [3.63, 3.8) is 0 Å². The topological polar surface area (TPSA) is 87.3 Å². The molecule has 30 heavy (non-hydrogen) atoms. The van der Waals surface area contributed by atoms with E-state index in [9.17, 15) is 14.4 Å². The van der Waals surface area contributed by atoms with Crippen molar-refractivity contribution >= 4 is 23.4 Å². The molecule has 0 spiro atoms. The molecule has 6 nitrogen and oxygen atoms in total. The first-order valence-electron chi connectivity index (χ1n) is 11.6. The summed E-state index contributed by atoms with van der Waals surface area (Å²) in [5.74, 6) is -1.61. The molecule has 3 amide bonds. The highest BCUT2D eigenvalue weighted by Crippen LogP contribution is 2.20. The molecule has 0 aliphatic heterocycles. The highest BCUT2D eigenvalue weighted by molar-refractivity contribution is 6.40. The van der Waals surface area contributed by atoms with Gasteiger partial charge in [-0.1, -0.05) is 76.8 Å². The lowest BCUT2D eigenvalue weighted by Gasteiger charge is -2.15. The molecular formula is C24H37N3O3. The Morgan fingerprint density at radius 1 is 0.867 bits per heavy atom. The maximum atomic E-state index is 12.6. The maximum absolute atomic E-state index is 12.6. The Hall–Kier alpha value is -2.37. The van der Waals surface area contributed by atoms with E-state index in [1.807, 2.05) is 0 Å². The van der Waals surface area contributed by atoms with Gasteiger partial charge >= 0.3 is 11.8 Å². The lowest BCUT2D eigenvalue weighted by atomic mass is 10.1. The van der Waals surface area contributed by atoms with Crippen molar-refractivity contribution in [2.75, 3.05) is 11.9 Å². The molecule has 0 bridgehead atoms. The van der Waals surface area contributed by atoms with Crippen molar-refractivity contribution in [1.82, 2.24) is 10.6 Å². The van der Waals surface area contributed by atoms with E-state index in [4.69, 9.17) is 0 Å². The molecule has 2 rings (SSSR count). The molecule has 0 saturated heterocycles. The predicted octanol–water partition coefficient (Wildman–Crippen LogP) is 4.55. The van der Waals surface area contributed by atoms with Crippen molar-refractivity contribution in [1.29, 1.82) is 0 Å². The van der Waals surface area contributed by atoms with E-state index in [-0.39, 0.29) is 11.9 Å². The van der Waals surface area contributed by atoms with Crippen LogP contribution in [-0.2, 0) is 9.59 Å². The van der Waals surface area contributed by atoms with Crippen LogP contribution in [0.4, 0.5) is 5.69 Å². The fourth-order valence-electron chi connectivity index (χ4n) is 3.84. The molecule has 0 aromatic heterocycles. The lowest BCUT2D eigenvalue weighted by molar-refractivity contribution is -0.136. The number of amides is 3. The van der Waals surface area contributed by atoms with Gasteiger partial charge in [-0.3, -0.25) is 14.4 Å². The summed E-state index contributed by atoms with van der Waals surface area (Å²) in [7, 11) is 0. The van der Waals surface area contributed by atoms with E-state index < -0.39 is 11.8 Å². The third-order valence-corrected chi connectivity index (χ3v) is 5.63. The standard InChI is InChI=1S/C24H37N3O3/c1-2-3-4-5-6-7-8-13-18-25-23(29)24(30)27-21-17-12-11-16-20(21)22(28)26-19-14-9-10-15-19/h11-12,16-17,19H,2-10,13-15,18H2,1H3,(H,25,29)(H,26,28)(H,27,30). The van der Waals surface area contributed by atoms with Gasteiger partial charge in [0.25, 0.3) is 5.91 Å². The van der Waals surface area contributed by atoms with Crippen LogP contribution >= 0.6 is 0 Å². The summed E-state index contributed by atoms with van der Waals surface area (Å²) in [6.07, 6.45) is 13.7. The summed E-state index contributed by atoms with van der Waals surface area (Å²) in [5, 5.41) is 8.27. The van der Waals surface area contributed by atoms with Crippen LogP contribution in [0.3, 0.4) is 0 Å². The van der Waals surface area contributed by atoms with Crippen LogP contribution in [0, 0.1) is 0 Å². The van der Waals surface area contributed by atoms with E-state index in [0.29, 0.717) is 17.8 Å². The molecule has 1 aromatic carbocycles. The Kier molecular flexibility index (Phi) is 11.0. The number of rotatable bonds is 12. The van der Waals surface area contributed by atoms with E-state index in [1.54, 1.807) is 24.3 Å². The minimum Gasteiger partial charge on any atom is -0.349 e. The second-order valence-electron chi connectivity index (χ2n) is 8.19. The number of para-hydroxylation sites is 1. The Balaban J connectivity index is 1.70. The number of hydrogen-bond donors (Lipinski definition) is 3. The van der Waals surface area contributed by atoms with Gasteiger partial charge in [-0.2, -0.15) is 0 Å². The third kappa shape index (κ3) is 8.56. The number of carbonyl (C=O) groups is 3. The van der Waals surface area contributed by atoms with E-state index in [1.165, 1.54) is 32.1 Å². The molecular weight excluding hydrogens is 378 g/mol. The molecule has 0 radical (unpaired) electrons. The molecule has 1 aliphatic carbocycles. The van der Waals surface area contributed by atoms with Crippen molar-refractivity contribution in [2.45, 2.75) is 90.0 Å². The number of hydrogen-bond acceptors (Lipinski definition) is 3. The normalized spacial score (nSPS) is 13.8. The SMILES string of the molecule is CCCCCCCCCCNC(=O)C(=O)Nc1ccccc1C(=O)NC1CCCC1. The van der Waals surface area contributed by atoms with E-state index >= 15 is 0 Å². The van der Waals surface area contributed by atoms with Gasteiger partial charge in [-0.25, -0.2) is 0 Å². The zero-order valence-corrected chi connectivity index (χ0v) is 18.3. The molecule has 1 aromatic rings. The third-order valence-electron chi connectivity index (χ3n) is 5.63. The molecule has 1 aliphatic rings. The lowest BCUT2D eigenvalue weighted by Crippen LogP contribution is -2.37. The summed E-state index contributed by atoms with van der Waals surface area (Å²) in [4.78, 5) is 36.9. The van der Waals surface area contributed by atoms with Crippen LogP contribution < -0.4 is 16.0 Å². The maximum Gasteiger partial charge on any atom is 0.313 e. The molecule has 1 saturated carbocycles. The van der Waals surface area contributed by atoms with Gasteiger partial charge in [0.1, 0.15) is 0 Å². The van der Waals surface area contributed by atoms with Crippen LogP contribution in [0.25, 0.3) is 0 Å². The molecule has 166 valence electrons. The number of anilines is 1.